The van der Waals surface area contributed by atoms with Gasteiger partial charge in [0.1, 0.15) is 0 Å². The van der Waals surface area contributed by atoms with Gasteiger partial charge in [-0.15, -0.1) is 11.3 Å². The van der Waals surface area contributed by atoms with Crippen molar-refractivity contribution < 1.29 is 4.79 Å². The molecule has 0 aromatic carbocycles. The number of carbonyl (C=O) groups is 1. The summed E-state index contributed by atoms with van der Waals surface area (Å²) in [5, 5.41) is 7.40. The minimum absolute atomic E-state index is 0.0963. The molecule has 2 aliphatic heterocycles. The molecule has 4 heterocycles. The summed E-state index contributed by atoms with van der Waals surface area (Å²) in [4.78, 5) is 21.8. The van der Waals surface area contributed by atoms with Crippen molar-refractivity contribution in [3.05, 3.63) is 30.0 Å². The molecule has 2 fully saturated rings. The van der Waals surface area contributed by atoms with Crippen molar-refractivity contribution in [2.24, 2.45) is 5.92 Å². The highest BCUT2D eigenvalue weighted by Gasteiger charge is 2.33. The molecular formula is C17H23N5OS. The van der Waals surface area contributed by atoms with Crippen molar-refractivity contribution in [1.29, 1.82) is 0 Å². The minimum atomic E-state index is 0.0963. The van der Waals surface area contributed by atoms with Gasteiger partial charge in [0.2, 0.25) is 5.91 Å². The lowest BCUT2D eigenvalue weighted by molar-refractivity contribution is -0.137. The largest absolute Gasteiger partial charge is 0.347 e. The van der Waals surface area contributed by atoms with E-state index in [0.717, 1.165) is 57.0 Å². The van der Waals surface area contributed by atoms with Crippen molar-refractivity contribution in [3.63, 3.8) is 0 Å². The Labute approximate surface area is 146 Å². The number of likely N-dealkylation sites (tertiary alicyclic amines) is 1. The second-order valence-corrected chi connectivity index (χ2v) is 7.54. The van der Waals surface area contributed by atoms with Crippen molar-refractivity contribution in [2.75, 3.05) is 31.1 Å². The van der Waals surface area contributed by atoms with E-state index in [-0.39, 0.29) is 5.92 Å². The van der Waals surface area contributed by atoms with Gasteiger partial charge < -0.3 is 9.80 Å². The summed E-state index contributed by atoms with van der Waals surface area (Å²) in [6.07, 6.45) is 9.86. The summed E-state index contributed by atoms with van der Waals surface area (Å²) < 4.78 is 2.00. The molecule has 128 valence electrons. The van der Waals surface area contributed by atoms with Gasteiger partial charge in [0.15, 0.2) is 5.13 Å². The first-order valence-electron chi connectivity index (χ1n) is 8.73. The molecule has 2 aliphatic rings. The first-order chi connectivity index (χ1) is 11.8. The number of thiazole rings is 1. The van der Waals surface area contributed by atoms with Crippen LogP contribution in [0.15, 0.2) is 30.0 Å². The number of rotatable bonds is 3. The normalized spacial score (nSPS) is 25.0. The molecule has 0 aliphatic carbocycles. The Hall–Kier alpha value is -1.89. The van der Waals surface area contributed by atoms with Crippen LogP contribution in [-0.2, 0) is 4.79 Å². The van der Waals surface area contributed by atoms with Crippen molar-refractivity contribution >= 4 is 22.4 Å². The highest BCUT2D eigenvalue weighted by molar-refractivity contribution is 7.13. The molecule has 0 spiro atoms. The molecule has 1 amide bonds. The van der Waals surface area contributed by atoms with Gasteiger partial charge in [-0.25, -0.2) is 4.98 Å². The molecular weight excluding hydrogens is 322 g/mol. The number of piperidine rings is 2. The van der Waals surface area contributed by atoms with Crippen LogP contribution in [0.2, 0.25) is 0 Å². The first kappa shape index (κ1) is 15.6. The van der Waals surface area contributed by atoms with E-state index in [9.17, 15) is 4.79 Å². The van der Waals surface area contributed by atoms with Gasteiger partial charge in [0, 0.05) is 50.1 Å². The predicted octanol–water partition coefficient (Wildman–Crippen LogP) is 2.42. The fourth-order valence-corrected chi connectivity index (χ4v) is 4.53. The maximum atomic E-state index is 13.0. The first-order valence-corrected chi connectivity index (χ1v) is 9.61. The summed E-state index contributed by atoms with van der Waals surface area (Å²) >= 11 is 1.66. The van der Waals surface area contributed by atoms with Crippen LogP contribution in [0.5, 0.6) is 0 Å². The Morgan fingerprint density at radius 1 is 1.17 bits per heavy atom. The lowest BCUT2D eigenvalue weighted by Gasteiger charge is -2.38. The third kappa shape index (κ3) is 3.17. The zero-order valence-electron chi connectivity index (χ0n) is 13.8. The van der Waals surface area contributed by atoms with E-state index in [4.69, 9.17) is 0 Å². The van der Waals surface area contributed by atoms with Crippen LogP contribution in [0.3, 0.4) is 0 Å². The third-order valence-electron chi connectivity index (χ3n) is 5.07. The molecule has 2 saturated heterocycles. The van der Waals surface area contributed by atoms with E-state index >= 15 is 0 Å². The second kappa shape index (κ2) is 6.93. The van der Waals surface area contributed by atoms with Crippen LogP contribution >= 0.6 is 11.3 Å². The summed E-state index contributed by atoms with van der Waals surface area (Å²) in [5.41, 5.74) is 0. The van der Waals surface area contributed by atoms with Crippen LogP contribution in [-0.4, -0.2) is 51.8 Å². The lowest BCUT2D eigenvalue weighted by atomic mass is 9.95. The molecule has 0 radical (unpaired) electrons. The number of carbonyl (C=O) groups excluding carboxylic acids is 1. The average Bonchev–Trinajstić information content (AvgIpc) is 3.35. The van der Waals surface area contributed by atoms with Gasteiger partial charge in [0.25, 0.3) is 0 Å². The van der Waals surface area contributed by atoms with E-state index in [0.29, 0.717) is 11.9 Å². The fraction of sp³-hybridized carbons (Fsp3) is 0.588. The van der Waals surface area contributed by atoms with Gasteiger partial charge in [-0.3, -0.25) is 9.48 Å². The Bertz CT molecular complexity index is 600. The van der Waals surface area contributed by atoms with E-state index in [1.54, 1.807) is 11.3 Å². The number of anilines is 1. The highest BCUT2D eigenvalue weighted by atomic mass is 32.1. The number of hydrogen-bond donors (Lipinski definition) is 0. The Morgan fingerprint density at radius 3 is 2.88 bits per heavy atom. The van der Waals surface area contributed by atoms with Crippen LogP contribution < -0.4 is 4.90 Å². The van der Waals surface area contributed by atoms with Gasteiger partial charge >= 0.3 is 0 Å². The van der Waals surface area contributed by atoms with E-state index in [1.807, 2.05) is 34.7 Å². The topological polar surface area (TPSA) is 54.3 Å². The second-order valence-electron chi connectivity index (χ2n) is 6.67. The third-order valence-corrected chi connectivity index (χ3v) is 5.90. The Balaban J connectivity index is 1.41. The van der Waals surface area contributed by atoms with E-state index in [1.165, 1.54) is 0 Å². The molecule has 2 aromatic rings. The number of nitrogens with zero attached hydrogens (tertiary/aromatic N) is 5. The average molecular weight is 345 g/mol. The predicted molar refractivity (Wildman–Crippen MR) is 94.1 cm³/mol. The van der Waals surface area contributed by atoms with E-state index in [2.05, 4.69) is 19.9 Å². The monoisotopic (exact) mass is 345 g/mol. The fourth-order valence-electron chi connectivity index (χ4n) is 3.85. The Kier molecular flexibility index (Phi) is 4.51. The number of hydrogen-bond acceptors (Lipinski definition) is 5. The molecule has 2 unspecified atom stereocenters. The number of amides is 1. The molecule has 0 saturated carbocycles. The molecule has 0 bridgehead atoms. The lowest BCUT2D eigenvalue weighted by Crippen LogP contribution is -2.48. The van der Waals surface area contributed by atoms with Crippen LogP contribution in [0, 0.1) is 5.92 Å². The minimum Gasteiger partial charge on any atom is -0.347 e. The maximum absolute atomic E-state index is 13.0. The SMILES string of the molecule is O=C(C1CCCN(c2nccs2)C1)N1CCCC(n2cccn2)C1. The highest BCUT2D eigenvalue weighted by Crippen LogP contribution is 2.28. The van der Waals surface area contributed by atoms with Gasteiger partial charge in [-0.1, -0.05) is 0 Å². The molecule has 24 heavy (non-hydrogen) atoms. The molecule has 4 rings (SSSR count). The summed E-state index contributed by atoms with van der Waals surface area (Å²) in [6, 6.07) is 2.27. The molecule has 0 N–H and O–H groups in total. The zero-order chi connectivity index (χ0) is 16.4. The van der Waals surface area contributed by atoms with Crippen LogP contribution in [0.1, 0.15) is 31.7 Å². The van der Waals surface area contributed by atoms with Crippen LogP contribution in [0.25, 0.3) is 0 Å². The molecule has 2 atom stereocenters. The van der Waals surface area contributed by atoms with Crippen molar-refractivity contribution in [2.45, 2.75) is 31.7 Å². The Morgan fingerprint density at radius 2 is 2.08 bits per heavy atom. The van der Waals surface area contributed by atoms with Crippen molar-refractivity contribution in [1.82, 2.24) is 19.7 Å². The van der Waals surface area contributed by atoms with Gasteiger partial charge in [-0.2, -0.15) is 5.10 Å². The number of aromatic nitrogens is 3. The summed E-state index contributed by atoms with van der Waals surface area (Å²) in [5.74, 6) is 0.409. The summed E-state index contributed by atoms with van der Waals surface area (Å²) in [6.45, 7) is 3.47. The van der Waals surface area contributed by atoms with Crippen LogP contribution in [0.4, 0.5) is 5.13 Å². The standard InChI is InChI=1S/C17H23N5OS/c23-16(14-4-1-9-21(12-14)17-18-7-11-24-17)20-8-2-5-15(13-20)22-10-3-6-19-22/h3,6-7,10-11,14-15H,1-2,4-5,8-9,12-13H2. The van der Waals surface area contributed by atoms with E-state index < -0.39 is 0 Å². The molecule has 2 aromatic heterocycles. The molecule has 6 nitrogen and oxygen atoms in total. The smallest absolute Gasteiger partial charge is 0.227 e. The van der Waals surface area contributed by atoms with Crippen molar-refractivity contribution in [3.8, 4) is 0 Å². The zero-order valence-corrected chi connectivity index (χ0v) is 14.6. The van der Waals surface area contributed by atoms with Gasteiger partial charge in [0.05, 0.1) is 12.0 Å². The summed E-state index contributed by atoms with van der Waals surface area (Å²) in [7, 11) is 0. The molecule has 7 heteroatoms. The quantitative estimate of drug-likeness (QED) is 0.857. The van der Waals surface area contributed by atoms with Gasteiger partial charge in [-0.05, 0) is 31.7 Å². The maximum Gasteiger partial charge on any atom is 0.227 e.